The Labute approximate surface area is 145 Å². The molecule has 3 rings (SSSR count). The third-order valence-electron chi connectivity index (χ3n) is 2.97. The highest BCUT2D eigenvalue weighted by Gasteiger charge is 2.10. The highest BCUT2D eigenvalue weighted by atomic mass is 127. The van der Waals surface area contributed by atoms with E-state index in [9.17, 15) is 9.90 Å². The molecular formula is C16H11IN2O2S. The van der Waals surface area contributed by atoms with E-state index in [4.69, 9.17) is 0 Å². The number of hydrogen-bond acceptors (Lipinski definition) is 4. The van der Waals surface area contributed by atoms with Crippen LogP contribution < -0.4 is 5.32 Å². The van der Waals surface area contributed by atoms with Crippen molar-refractivity contribution in [1.82, 2.24) is 4.98 Å². The average molecular weight is 422 g/mol. The van der Waals surface area contributed by atoms with Crippen molar-refractivity contribution >= 4 is 45.0 Å². The van der Waals surface area contributed by atoms with Crippen LogP contribution in [0.5, 0.6) is 5.75 Å². The van der Waals surface area contributed by atoms with Crippen LogP contribution in [0.25, 0.3) is 11.3 Å². The normalized spacial score (nSPS) is 10.4. The Hall–Kier alpha value is -1.93. The number of carbonyl (C=O) groups is 1. The van der Waals surface area contributed by atoms with Gasteiger partial charge in [-0.25, -0.2) is 4.98 Å². The first-order chi connectivity index (χ1) is 10.6. The van der Waals surface area contributed by atoms with E-state index in [0.717, 1.165) is 14.8 Å². The smallest absolute Gasteiger partial charge is 0.257 e. The van der Waals surface area contributed by atoms with Crippen LogP contribution in [0.3, 0.4) is 0 Å². The Morgan fingerprint density at radius 2 is 1.95 bits per heavy atom. The maximum Gasteiger partial charge on any atom is 0.257 e. The Morgan fingerprint density at radius 1 is 1.18 bits per heavy atom. The molecule has 0 spiro atoms. The van der Waals surface area contributed by atoms with Gasteiger partial charge < -0.3 is 5.11 Å². The predicted molar refractivity (Wildman–Crippen MR) is 96.3 cm³/mol. The number of carbonyl (C=O) groups excluding carboxylic acids is 1. The number of aromatic nitrogens is 1. The van der Waals surface area contributed by atoms with Gasteiger partial charge in [0, 0.05) is 20.1 Å². The summed E-state index contributed by atoms with van der Waals surface area (Å²) < 4.78 is 1.08. The van der Waals surface area contributed by atoms with Crippen LogP contribution in [0, 0.1) is 3.57 Å². The Kier molecular flexibility index (Phi) is 4.39. The molecule has 2 N–H and O–H groups in total. The Morgan fingerprint density at radius 3 is 2.68 bits per heavy atom. The molecule has 22 heavy (non-hydrogen) atoms. The summed E-state index contributed by atoms with van der Waals surface area (Å²) in [6.07, 6.45) is 0. The minimum absolute atomic E-state index is 0.187. The molecule has 1 aromatic heterocycles. The van der Waals surface area contributed by atoms with Crippen LogP contribution in [-0.2, 0) is 0 Å². The number of anilines is 1. The molecule has 0 radical (unpaired) electrons. The number of rotatable bonds is 3. The largest absolute Gasteiger partial charge is 0.508 e. The first-order valence-electron chi connectivity index (χ1n) is 6.44. The number of nitrogens with zero attached hydrogens (tertiary/aromatic N) is 1. The van der Waals surface area contributed by atoms with Gasteiger partial charge in [0.25, 0.3) is 5.91 Å². The van der Waals surface area contributed by atoms with E-state index in [-0.39, 0.29) is 11.7 Å². The summed E-state index contributed by atoms with van der Waals surface area (Å²) in [7, 11) is 0. The van der Waals surface area contributed by atoms with Crippen LogP contribution in [0.1, 0.15) is 10.4 Å². The van der Waals surface area contributed by atoms with Gasteiger partial charge in [0.1, 0.15) is 5.75 Å². The molecule has 0 fully saturated rings. The number of hydrogen-bond donors (Lipinski definition) is 2. The molecule has 0 unspecified atom stereocenters. The number of amides is 1. The second kappa shape index (κ2) is 6.45. The van der Waals surface area contributed by atoms with Gasteiger partial charge in [-0.3, -0.25) is 10.1 Å². The molecule has 1 heterocycles. The molecule has 0 aliphatic rings. The number of phenols is 1. The fraction of sp³-hybridized carbons (Fsp3) is 0. The highest BCUT2D eigenvalue weighted by Crippen LogP contribution is 2.27. The topological polar surface area (TPSA) is 62.2 Å². The summed E-state index contributed by atoms with van der Waals surface area (Å²) in [5.74, 6) is 0.00295. The van der Waals surface area contributed by atoms with Crippen molar-refractivity contribution in [3.8, 4) is 17.0 Å². The van der Waals surface area contributed by atoms with Crippen molar-refractivity contribution in [2.75, 3.05) is 5.32 Å². The number of thiazole rings is 1. The quantitative estimate of drug-likeness (QED) is 0.617. The lowest BCUT2D eigenvalue weighted by atomic mass is 10.2. The third-order valence-corrected chi connectivity index (χ3v) is 4.45. The molecule has 0 saturated carbocycles. The molecule has 0 bridgehead atoms. The zero-order chi connectivity index (χ0) is 15.5. The number of aromatic hydroxyl groups is 1. The van der Waals surface area contributed by atoms with Crippen molar-refractivity contribution in [1.29, 1.82) is 0 Å². The van der Waals surface area contributed by atoms with Crippen molar-refractivity contribution < 1.29 is 9.90 Å². The minimum Gasteiger partial charge on any atom is -0.508 e. The summed E-state index contributed by atoms with van der Waals surface area (Å²) in [6.45, 7) is 0. The number of halogens is 1. The molecule has 3 aromatic rings. The highest BCUT2D eigenvalue weighted by molar-refractivity contribution is 14.1. The second-order valence-electron chi connectivity index (χ2n) is 4.55. The molecule has 0 saturated heterocycles. The van der Waals surface area contributed by atoms with E-state index in [1.54, 1.807) is 30.3 Å². The van der Waals surface area contributed by atoms with Gasteiger partial charge in [0.15, 0.2) is 5.13 Å². The fourth-order valence-electron chi connectivity index (χ4n) is 1.90. The van der Waals surface area contributed by atoms with Gasteiger partial charge in [0.05, 0.1) is 5.69 Å². The van der Waals surface area contributed by atoms with Crippen molar-refractivity contribution in [2.45, 2.75) is 0 Å². The summed E-state index contributed by atoms with van der Waals surface area (Å²) >= 11 is 3.54. The lowest BCUT2D eigenvalue weighted by Gasteiger charge is -2.02. The standard InChI is InChI=1S/C16H11IN2O2S/c17-12-6-4-10(5-7-12)15(21)19-16-18-14(9-22-16)11-2-1-3-13(20)8-11/h1-9,20H,(H,18,19,21). The number of phenolic OH excluding ortho intramolecular Hbond substituents is 1. The van der Waals surface area contributed by atoms with E-state index in [1.165, 1.54) is 11.3 Å². The maximum absolute atomic E-state index is 12.1. The molecule has 6 heteroatoms. The average Bonchev–Trinajstić information content (AvgIpc) is 2.96. The van der Waals surface area contributed by atoms with E-state index in [2.05, 4.69) is 32.9 Å². The molecule has 110 valence electrons. The number of nitrogens with one attached hydrogen (secondary N) is 1. The van der Waals surface area contributed by atoms with Gasteiger partial charge >= 0.3 is 0 Å². The molecule has 0 aliphatic carbocycles. The first-order valence-corrected chi connectivity index (χ1v) is 8.39. The zero-order valence-electron chi connectivity index (χ0n) is 11.3. The van der Waals surface area contributed by atoms with Crippen molar-refractivity contribution in [3.63, 3.8) is 0 Å². The van der Waals surface area contributed by atoms with Crippen LogP contribution in [0.15, 0.2) is 53.9 Å². The monoisotopic (exact) mass is 422 g/mol. The summed E-state index contributed by atoms with van der Waals surface area (Å²) in [5, 5.41) is 14.7. The van der Waals surface area contributed by atoms with E-state index >= 15 is 0 Å². The van der Waals surface area contributed by atoms with Crippen LogP contribution in [0.4, 0.5) is 5.13 Å². The SMILES string of the molecule is O=C(Nc1nc(-c2cccc(O)c2)cs1)c1ccc(I)cc1. The summed E-state index contributed by atoms with van der Waals surface area (Å²) in [6, 6.07) is 14.2. The summed E-state index contributed by atoms with van der Waals surface area (Å²) in [4.78, 5) is 16.5. The number of benzene rings is 2. The lowest BCUT2D eigenvalue weighted by Crippen LogP contribution is -2.11. The minimum atomic E-state index is -0.187. The van der Waals surface area contributed by atoms with E-state index in [0.29, 0.717) is 10.7 Å². The lowest BCUT2D eigenvalue weighted by molar-refractivity contribution is 0.102. The van der Waals surface area contributed by atoms with Gasteiger partial charge in [-0.05, 0) is 59.0 Å². The molecule has 0 aliphatic heterocycles. The molecule has 0 atom stereocenters. The third kappa shape index (κ3) is 3.45. The molecule has 4 nitrogen and oxygen atoms in total. The Bertz CT molecular complexity index is 815. The van der Waals surface area contributed by atoms with Crippen molar-refractivity contribution in [3.05, 3.63) is 63.0 Å². The van der Waals surface area contributed by atoms with Gasteiger partial charge in [-0.1, -0.05) is 12.1 Å². The maximum atomic E-state index is 12.1. The summed E-state index contributed by atoms with van der Waals surface area (Å²) in [5.41, 5.74) is 2.12. The Balaban J connectivity index is 1.77. The molecular weight excluding hydrogens is 411 g/mol. The van der Waals surface area contributed by atoms with Crippen LogP contribution in [-0.4, -0.2) is 16.0 Å². The van der Waals surface area contributed by atoms with Gasteiger partial charge in [-0.15, -0.1) is 11.3 Å². The predicted octanol–water partition coefficient (Wildman–Crippen LogP) is 4.37. The van der Waals surface area contributed by atoms with Crippen molar-refractivity contribution in [2.24, 2.45) is 0 Å². The van der Waals surface area contributed by atoms with Crippen LogP contribution >= 0.6 is 33.9 Å². The molecule has 1 amide bonds. The first kappa shape index (κ1) is 15.0. The van der Waals surface area contributed by atoms with Gasteiger partial charge in [0.2, 0.25) is 0 Å². The second-order valence-corrected chi connectivity index (χ2v) is 6.65. The van der Waals surface area contributed by atoms with E-state index in [1.807, 2.05) is 23.6 Å². The van der Waals surface area contributed by atoms with Crippen LogP contribution in [0.2, 0.25) is 0 Å². The van der Waals surface area contributed by atoms with E-state index < -0.39 is 0 Å². The fourth-order valence-corrected chi connectivity index (χ4v) is 2.97. The zero-order valence-corrected chi connectivity index (χ0v) is 14.3. The van der Waals surface area contributed by atoms with Gasteiger partial charge in [-0.2, -0.15) is 0 Å². The molecule has 2 aromatic carbocycles.